The van der Waals surface area contributed by atoms with Crippen LogP contribution in [-0.4, -0.2) is 52.3 Å². The molecule has 4 rings (SSSR count). The lowest BCUT2D eigenvalue weighted by atomic mass is 10.0. The van der Waals surface area contributed by atoms with E-state index in [-0.39, 0.29) is 17.9 Å². The lowest BCUT2D eigenvalue weighted by Gasteiger charge is -2.20. The molecule has 0 saturated carbocycles. The highest BCUT2D eigenvalue weighted by atomic mass is 16.3. The fourth-order valence-corrected chi connectivity index (χ4v) is 3.63. The first kappa shape index (κ1) is 22.7. The maximum absolute atomic E-state index is 12.6. The molecule has 1 fully saturated rings. The molecule has 1 saturated heterocycles. The van der Waals surface area contributed by atoms with E-state index < -0.39 is 0 Å². The van der Waals surface area contributed by atoms with Crippen molar-refractivity contribution in [3.63, 3.8) is 0 Å². The summed E-state index contributed by atoms with van der Waals surface area (Å²) in [7, 11) is 0. The van der Waals surface area contributed by atoms with Crippen molar-refractivity contribution in [1.82, 2.24) is 20.5 Å². The molecular formula is C23H25N5O4. The summed E-state index contributed by atoms with van der Waals surface area (Å²) in [5.74, 6) is -0.170. The number of carbonyl (C=O) groups excluding carboxylic acids is 1. The number of aromatic amines is 1. The predicted molar refractivity (Wildman–Crippen MR) is 121 cm³/mol. The normalized spacial score (nSPS) is 12.6. The van der Waals surface area contributed by atoms with Gasteiger partial charge in [0.25, 0.3) is 17.9 Å². The molecule has 1 amide bonds. The van der Waals surface area contributed by atoms with Crippen LogP contribution < -0.4 is 15.8 Å². The number of hydrogen-bond acceptors (Lipinski definition) is 6. The minimum Gasteiger partial charge on any atom is -0.483 e. The van der Waals surface area contributed by atoms with Gasteiger partial charge >= 0.3 is 0 Å². The van der Waals surface area contributed by atoms with Crippen LogP contribution in [0.1, 0.15) is 28.9 Å². The molecule has 32 heavy (non-hydrogen) atoms. The summed E-state index contributed by atoms with van der Waals surface area (Å²) in [4.78, 5) is 40.0. The van der Waals surface area contributed by atoms with Crippen LogP contribution in [0.2, 0.25) is 0 Å². The second kappa shape index (κ2) is 11.4. The number of benzene rings is 1. The van der Waals surface area contributed by atoms with Crippen molar-refractivity contribution in [2.24, 2.45) is 0 Å². The first-order valence-electron chi connectivity index (χ1n) is 10.3. The third-order valence-corrected chi connectivity index (χ3v) is 5.09. The molecule has 0 unspecified atom stereocenters. The second-order valence-corrected chi connectivity index (χ2v) is 7.17. The molecule has 2 aromatic heterocycles. The van der Waals surface area contributed by atoms with Gasteiger partial charge in [-0.15, -0.1) is 0 Å². The van der Waals surface area contributed by atoms with E-state index in [4.69, 9.17) is 9.90 Å². The molecule has 1 aliphatic rings. The van der Waals surface area contributed by atoms with Crippen molar-refractivity contribution in [2.75, 3.05) is 24.5 Å². The summed E-state index contributed by atoms with van der Waals surface area (Å²) in [5, 5.41) is 16.3. The topological polar surface area (TPSA) is 128 Å². The van der Waals surface area contributed by atoms with Crippen LogP contribution >= 0.6 is 0 Å². The Kier molecular flexibility index (Phi) is 8.08. The molecule has 0 radical (unpaired) electrons. The molecule has 9 nitrogen and oxygen atoms in total. The van der Waals surface area contributed by atoms with Crippen molar-refractivity contribution >= 4 is 18.1 Å². The Balaban J connectivity index is 0.000000913. The number of pyridine rings is 1. The van der Waals surface area contributed by atoms with E-state index in [1.807, 2.05) is 24.3 Å². The Bertz CT molecular complexity index is 1090. The summed E-state index contributed by atoms with van der Waals surface area (Å²) in [6.45, 7) is 2.06. The number of amides is 1. The second-order valence-electron chi connectivity index (χ2n) is 7.17. The van der Waals surface area contributed by atoms with Gasteiger partial charge in [0, 0.05) is 43.5 Å². The molecule has 1 aliphatic heterocycles. The van der Waals surface area contributed by atoms with Gasteiger partial charge in [-0.25, -0.2) is 5.10 Å². The Morgan fingerprint density at radius 1 is 1.19 bits per heavy atom. The van der Waals surface area contributed by atoms with Gasteiger partial charge in [-0.1, -0.05) is 18.2 Å². The van der Waals surface area contributed by atoms with Crippen LogP contribution in [0.4, 0.5) is 5.69 Å². The van der Waals surface area contributed by atoms with Crippen LogP contribution in [0.25, 0.3) is 11.1 Å². The number of rotatable bonds is 6. The standard InChI is InChI=1S/C22H23N5O2.CH2O2/c28-21(24-11-9-18-8-1-2-10-23-18)17-7-5-6-16(14-17)20-19(15-25-26-22(20)29)27-12-3-4-13-27;2-1-3/h1-2,5-8,10,14-15H,3-4,9,11-13H2,(H,24,28)(H,26,29);1H,(H,2,3). The number of nitrogens with zero attached hydrogens (tertiary/aromatic N) is 3. The van der Waals surface area contributed by atoms with E-state index in [1.165, 1.54) is 0 Å². The minimum atomic E-state index is -0.250. The number of nitrogens with one attached hydrogen (secondary N) is 2. The molecule has 3 N–H and O–H groups in total. The molecule has 0 atom stereocenters. The highest BCUT2D eigenvalue weighted by Crippen LogP contribution is 2.29. The van der Waals surface area contributed by atoms with Crippen LogP contribution in [0.15, 0.2) is 59.7 Å². The third-order valence-electron chi connectivity index (χ3n) is 5.09. The van der Waals surface area contributed by atoms with Crippen LogP contribution in [0.5, 0.6) is 0 Å². The first-order valence-corrected chi connectivity index (χ1v) is 10.3. The van der Waals surface area contributed by atoms with Crippen LogP contribution in [0.3, 0.4) is 0 Å². The lowest BCUT2D eigenvalue weighted by Crippen LogP contribution is -2.26. The summed E-state index contributed by atoms with van der Waals surface area (Å²) in [5.41, 5.74) is 3.30. The molecule has 1 aromatic carbocycles. The Labute approximate surface area is 185 Å². The number of carbonyl (C=O) groups is 2. The largest absolute Gasteiger partial charge is 0.483 e. The van der Waals surface area contributed by atoms with Gasteiger partial charge in [-0.3, -0.25) is 19.4 Å². The predicted octanol–water partition coefficient (Wildman–Crippen LogP) is 2.11. The highest BCUT2D eigenvalue weighted by molar-refractivity contribution is 5.96. The maximum atomic E-state index is 12.6. The number of anilines is 1. The highest BCUT2D eigenvalue weighted by Gasteiger charge is 2.20. The van der Waals surface area contributed by atoms with Crippen molar-refractivity contribution in [3.05, 3.63) is 76.5 Å². The zero-order valence-electron chi connectivity index (χ0n) is 17.5. The lowest BCUT2D eigenvalue weighted by molar-refractivity contribution is -0.122. The van der Waals surface area contributed by atoms with E-state index in [0.717, 1.165) is 37.3 Å². The smallest absolute Gasteiger partial charge is 0.290 e. The Hall–Kier alpha value is -4.01. The molecule has 9 heteroatoms. The van der Waals surface area contributed by atoms with Gasteiger partial charge in [0.15, 0.2) is 0 Å². The number of H-pyrrole nitrogens is 1. The van der Waals surface area contributed by atoms with Gasteiger partial charge in [-0.2, -0.15) is 5.10 Å². The number of carboxylic acid groups (broad SMARTS) is 1. The van der Waals surface area contributed by atoms with Crippen molar-refractivity contribution in [3.8, 4) is 11.1 Å². The van der Waals surface area contributed by atoms with E-state index in [2.05, 4.69) is 25.4 Å². The minimum absolute atomic E-state index is 0.170. The maximum Gasteiger partial charge on any atom is 0.290 e. The van der Waals surface area contributed by atoms with Gasteiger partial charge in [-0.05, 0) is 42.7 Å². The van der Waals surface area contributed by atoms with Gasteiger partial charge in [0.2, 0.25) is 0 Å². The summed E-state index contributed by atoms with van der Waals surface area (Å²) in [6.07, 6.45) is 6.30. The van der Waals surface area contributed by atoms with E-state index >= 15 is 0 Å². The Morgan fingerprint density at radius 2 is 1.97 bits per heavy atom. The van der Waals surface area contributed by atoms with Crippen molar-refractivity contribution < 1.29 is 14.7 Å². The fourth-order valence-electron chi connectivity index (χ4n) is 3.63. The molecule has 0 spiro atoms. The Morgan fingerprint density at radius 3 is 2.69 bits per heavy atom. The molecular weight excluding hydrogens is 410 g/mol. The molecule has 0 aliphatic carbocycles. The monoisotopic (exact) mass is 435 g/mol. The fraction of sp³-hybridized carbons (Fsp3) is 0.261. The van der Waals surface area contributed by atoms with E-state index in [0.29, 0.717) is 29.7 Å². The summed E-state index contributed by atoms with van der Waals surface area (Å²) < 4.78 is 0. The zero-order chi connectivity index (χ0) is 22.8. The van der Waals surface area contributed by atoms with E-state index in [9.17, 15) is 9.59 Å². The van der Waals surface area contributed by atoms with Crippen LogP contribution in [0, 0.1) is 0 Å². The SMILES string of the molecule is O=C(NCCc1ccccn1)c1cccc(-c2c(N3CCCC3)cn[nH]c2=O)c1.O=CO. The van der Waals surface area contributed by atoms with Crippen molar-refractivity contribution in [1.29, 1.82) is 0 Å². The quantitative estimate of drug-likeness (QED) is 0.506. The average Bonchev–Trinajstić information content (AvgIpc) is 3.35. The summed E-state index contributed by atoms with van der Waals surface area (Å²) >= 11 is 0. The first-order chi connectivity index (χ1) is 15.6. The van der Waals surface area contributed by atoms with E-state index in [1.54, 1.807) is 30.6 Å². The van der Waals surface area contributed by atoms with Gasteiger partial charge in [0.05, 0.1) is 17.4 Å². The number of hydrogen-bond donors (Lipinski definition) is 3. The average molecular weight is 435 g/mol. The number of aromatic nitrogens is 3. The third kappa shape index (κ3) is 5.78. The molecule has 3 heterocycles. The van der Waals surface area contributed by atoms with Gasteiger partial charge in [0.1, 0.15) is 0 Å². The zero-order valence-corrected chi connectivity index (χ0v) is 17.5. The van der Waals surface area contributed by atoms with Gasteiger partial charge < -0.3 is 15.3 Å². The van der Waals surface area contributed by atoms with Crippen molar-refractivity contribution in [2.45, 2.75) is 19.3 Å². The molecule has 3 aromatic rings. The molecule has 166 valence electrons. The molecule has 0 bridgehead atoms. The van der Waals surface area contributed by atoms with Crippen LogP contribution in [-0.2, 0) is 11.2 Å². The summed E-state index contributed by atoms with van der Waals surface area (Å²) in [6, 6.07) is 12.9.